The van der Waals surface area contributed by atoms with Crippen LogP contribution >= 0.6 is 0 Å². The zero-order chi connectivity index (χ0) is 15.1. The standard InChI is InChI=1S/C8H9F3N6O2S/c1-4-13-6(20(19)12-2)5-14-15-16(3-8(9,10)11)7(18)17(4)5/h12H,3H2,1-2H3. The highest BCUT2D eigenvalue weighted by atomic mass is 32.2. The first-order valence-electron chi connectivity index (χ1n) is 5.23. The number of imidazole rings is 1. The largest absolute Gasteiger partial charge is 0.408 e. The highest BCUT2D eigenvalue weighted by Gasteiger charge is 2.30. The molecule has 2 heterocycles. The lowest BCUT2D eigenvalue weighted by Gasteiger charge is -2.07. The second-order valence-corrected chi connectivity index (χ2v) is 5.07. The average Bonchev–Trinajstić information content (AvgIpc) is 2.68. The van der Waals surface area contributed by atoms with E-state index in [1.165, 1.54) is 14.0 Å². The van der Waals surface area contributed by atoms with Crippen molar-refractivity contribution in [1.82, 2.24) is 29.1 Å². The molecule has 1 unspecified atom stereocenters. The van der Waals surface area contributed by atoms with Crippen molar-refractivity contribution >= 4 is 16.6 Å². The molecule has 1 atom stereocenters. The molecule has 20 heavy (non-hydrogen) atoms. The Hall–Kier alpha value is -1.82. The molecule has 2 aromatic rings. The van der Waals surface area contributed by atoms with Crippen LogP contribution in [0.4, 0.5) is 13.2 Å². The second kappa shape index (κ2) is 4.94. The SMILES string of the molecule is CNS(=O)c1nc(C)n2c(=O)n(CC(F)(F)F)nnc12. The molecule has 0 aliphatic heterocycles. The monoisotopic (exact) mass is 310 g/mol. The number of fused-ring (bicyclic) bond motifs is 1. The summed E-state index contributed by atoms with van der Waals surface area (Å²) in [6.45, 7) is -0.165. The number of halogens is 3. The predicted octanol–water partition coefficient (Wildman–Crippen LogP) is -0.601. The van der Waals surface area contributed by atoms with Gasteiger partial charge in [0.25, 0.3) is 0 Å². The summed E-state index contributed by atoms with van der Waals surface area (Å²) in [6.07, 6.45) is -4.60. The molecule has 0 amide bonds. The van der Waals surface area contributed by atoms with Crippen molar-refractivity contribution in [3.63, 3.8) is 0 Å². The zero-order valence-electron chi connectivity index (χ0n) is 10.3. The number of rotatable bonds is 3. The van der Waals surface area contributed by atoms with Crippen molar-refractivity contribution in [1.29, 1.82) is 0 Å². The van der Waals surface area contributed by atoms with Crippen LogP contribution in [-0.2, 0) is 17.5 Å². The van der Waals surface area contributed by atoms with E-state index in [9.17, 15) is 22.2 Å². The summed E-state index contributed by atoms with van der Waals surface area (Å²) in [5.41, 5.74) is -1.18. The van der Waals surface area contributed by atoms with Crippen molar-refractivity contribution < 1.29 is 17.4 Å². The summed E-state index contributed by atoms with van der Waals surface area (Å²) in [5, 5.41) is 6.63. The van der Waals surface area contributed by atoms with Gasteiger partial charge in [0.05, 0.1) is 0 Å². The van der Waals surface area contributed by atoms with Crippen molar-refractivity contribution in [2.24, 2.45) is 0 Å². The first-order valence-corrected chi connectivity index (χ1v) is 6.38. The number of nitrogens with zero attached hydrogens (tertiary/aromatic N) is 5. The Kier molecular flexibility index (Phi) is 3.60. The smallest absolute Gasteiger partial charge is 0.245 e. The van der Waals surface area contributed by atoms with E-state index in [2.05, 4.69) is 20.0 Å². The van der Waals surface area contributed by atoms with Crippen LogP contribution in [0, 0.1) is 6.92 Å². The minimum Gasteiger partial charge on any atom is -0.245 e. The van der Waals surface area contributed by atoms with E-state index in [0.717, 1.165) is 4.40 Å². The third-order valence-corrected chi connectivity index (χ3v) is 3.34. The lowest BCUT2D eigenvalue weighted by Crippen LogP contribution is -2.35. The van der Waals surface area contributed by atoms with Gasteiger partial charge in [-0.1, -0.05) is 5.21 Å². The molecule has 0 aromatic carbocycles. The zero-order valence-corrected chi connectivity index (χ0v) is 11.1. The number of hydrogen-bond acceptors (Lipinski definition) is 5. The molecule has 12 heteroatoms. The molecule has 2 aromatic heterocycles. The van der Waals surface area contributed by atoms with Crippen molar-refractivity contribution in [3.05, 3.63) is 16.3 Å². The topological polar surface area (TPSA) is 94.2 Å². The van der Waals surface area contributed by atoms with Gasteiger partial charge in [0.1, 0.15) is 23.4 Å². The van der Waals surface area contributed by atoms with E-state index < -0.39 is 29.4 Å². The molecule has 110 valence electrons. The van der Waals surface area contributed by atoms with Crippen molar-refractivity contribution in [2.75, 3.05) is 7.05 Å². The highest BCUT2D eigenvalue weighted by molar-refractivity contribution is 7.83. The number of alkyl halides is 3. The molecule has 8 nitrogen and oxygen atoms in total. The quantitative estimate of drug-likeness (QED) is 0.817. The van der Waals surface area contributed by atoms with Gasteiger partial charge in [-0.05, 0) is 14.0 Å². The first kappa shape index (κ1) is 14.6. The fourth-order valence-corrected chi connectivity index (χ4v) is 2.26. The Morgan fingerprint density at radius 1 is 1.40 bits per heavy atom. The minimum atomic E-state index is -4.60. The molecule has 0 radical (unpaired) electrons. The number of aryl methyl sites for hydroxylation is 1. The van der Waals surface area contributed by atoms with Crippen LogP contribution in [-0.4, -0.2) is 41.8 Å². The molecule has 0 aliphatic carbocycles. The van der Waals surface area contributed by atoms with E-state index in [-0.39, 0.29) is 21.2 Å². The second-order valence-electron chi connectivity index (χ2n) is 3.74. The van der Waals surface area contributed by atoms with Gasteiger partial charge in [-0.15, -0.1) is 5.10 Å². The van der Waals surface area contributed by atoms with Crippen molar-refractivity contribution in [2.45, 2.75) is 24.7 Å². The molecule has 0 saturated carbocycles. The van der Waals surface area contributed by atoms with E-state index >= 15 is 0 Å². The summed E-state index contributed by atoms with van der Waals surface area (Å²) in [7, 11) is -0.335. The number of hydrogen-bond donors (Lipinski definition) is 1. The maximum Gasteiger partial charge on any atom is 0.408 e. The molecule has 0 aliphatic rings. The van der Waals surface area contributed by atoms with Gasteiger partial charge in [-0.3, -0.25) is 0 Å². The van der Waals surface area contributed by atoms with Gasteiger partial charge < -0.3 is 0 Å². The van der Waals surface area contributed by atoms with Crippen LogP contribution in [0.15, 0.2) is 9.82 Å². The van der Waals surface area contributed by atoms with Crippen molar-refractivity contribution in [3.8, 4) is 0 Å². The first-order chi connectivity index (χ1) is 9.24. The summed E-state index contributed by atoms with van der Waals surface area (Å²) in [4.78, 5) is 15.8. The summed E-state index contributed by atoms with van der Waals surface area (Å²) < 4.78 is 51.9. The normalized spacial score (nSPS) is 13.8. The predicted molar refractivity (Wildman–Crippen MR) is 61.3 cm³/mol. The van der Waals surface area contributed by atoms with E-state index in [1.54, 1.807) is 0 Å². The highest BCUT2D eigenvalue weighted by Crippen LogP contribution is 2.16. The Morgan fingerprint density at radius 3 is 2.60 bits per heavy atom. The maximum atomic E-state index is 12.3. The fourth-order valence-electron chi connectivity index (χ4n) is 1.55. The van der Waals surface area contributed by atoms with E-state index in [1.807, 2.05) is 0 Å². The molecule has 0 bridgehead atoms. The van der Waals surface area contributed by atoms with Crippen LogP contribution in [0.1, 0.15) is 5.82 Å². The molecule has 2 rings (SSSR count). The Labute approximate surface area is 112 Å². The Balaban J connectivity index is 2.66. The fraction of sp³-hybridized carbons (Fsp3) is 0.500. The van der Waals surface area contributed by atoms with Gasteiger partial charge in [0.15, 0.2) is 5.03 Å². The Morgan fingerprint density at radius 2 is 2.05 bits per heavy atom. The Bertz CT molecular complexity index is 736. The van der Waals surface area contributed by atoms with Gasteiger partial charge in [0, 0.05) is 0 Å². The van der Waals surface area contributed by atoms with Gasteiger partial charge in [0.2, 0.25) is 5.65 Å². The van der Waals surface area contributed by atoms with Gasteiger partial charge >= 0.3 is 11.9 Å². The third-order valence-electron chi connectivity index (χ3n) is 2.34. The molecule has 0 fully saturated rings. The lowest BCUT2D eigenvalue weighted by atomic mass is 10.6. The third kappa shape index (κ3) is 2.56. The van der Waals surface area contributed by atoms with Crippen LogP contribution in [0.5, 0.6) is 0 Å². The maximum absolute atomic E-state index is 12.3. The number of aromatic nitrogens is 5. The molecule has 0 saturated heterocycles. The summed E-state index contributed by atoms with van der Waals surface area (Å²) in [6, 6.07) is 0. The summed E-state index contributed by atoms with van der Waals surface area (Å²) in [5.74, 6) is 0.0782. The van der Waals surface area contributed by atoms with E-state index in [4.69, 9.17) is 0 Å². The van der Waals surface area contributed by atoms with Gasteiger partial charge in [-0.2, -0.15) is 17.9 Å². The van der Waals surface area contributed by atoms with Crippen LogP contribution in [0.2, 0.25) is 0 Å². The van der Waals surface area contributed by atoms with Gasteiger partial charge in [-0.25, -0.2) is 23.1 Å². The average molecular weight is 310 g/mol. The molecule has 0 spiro atoms. The number of nitrogens with one attached hydrogen (secondary N) is 1. The van der Waals surface area contributed by atoms with E-state index in [0.29, 0.717) is 0 Å². The molecular weight excluding hydrogens is 301 g/mol. The minimum absolute atomic E-state index is 0.0613. The van der Waals surface area contributed by atoms with Crippen LogP contribution < -0.4 is 10.4 Å². The van der Waals surface area contributed by atoms with Crippen LogP contribution in [0.3, 0.4) is 0 Å². The van der Waals surface area contributed by atoms with Crippen LogP contribution in [0.25, 0.3) is 5.65 Å². The lowest BCUT2D eigenvalue weighted by molar-refractivity contribution is -0.144. The summed E-state index contributed by atoms with van der Waals surface area (Å²) >= 11 is 0. The molecule has 1 N–H and O–H groups in total. The molecular formula is C8H9F3N6O2S.